The Bertz CT molecular complexity index is 874. The molecule has 2 aromatic rings. The van der Waals surface area contributed by atoms with Gasteiger partial charge in [-0.15, -0.1) is 5.10 Å². The van der Waals surface area contributed by atoms with Crippen molar-refractivity contribution in [1.82, 2.24) is 20.0 Å². The smallest absolute Gasteiger partial charge is 0.267 e. The van der Waals surface area contributed by atoms with Gasteiger partial charge in [-0.05, 0) is 42.2 Å². The van der Waals surface area contributed by atoms with Crippen molar-refractivity contribution in [2.75, 3.05) is 23.7 Å². The first-order valence-corrected chi connectivity index (χ1v) is 10.2. The quantitative estimate of drug-likeness (QED) is 0.830. The molecule has 3 aliphatic rings. The van der Waals surface area contributed by atoms with Gasteiger partial charge in [-0.25, -0.2) is 4.68 Å². The molecule has 2 aromatic heterocycles. The number of thioether (sulfide) groups is 1. The molecule has 7 heteroatoms. The summed E-state index contributed by atoms with van der Waals surface area (Å²) in [6.07, 6.45) is 4.36. The van der Waals surface area contributed by atoms with Gasteiger partial charge in [0.05, 0.1) is 17.9 Å². The zero-order chi connectivity index (χ0) is 16.8. The number of anilines is 1. The van der Waals surface area contributed by atoms with E-state index < -0.39 is 0 Å². The van der Waals surface area contributed by atoms with E-state index in [0.717, 1.165) is 60.9 Å². The standard InChI is InChI=1S/C18H21N5OS/c24-18-7-14-11-25-5-4-16(14)21-23(18)10-12-8-22(9-12)17-6-13-2-1-3-15(13)19-20-17/h6-7,12H,1-5,8-11H2. The fourth-order valence-electron chi connectivity index (χ4n) is 3.97. The maximum Gasteiger partial charge on any atom is 0.267 e. The zero-order valence-corrected chi connectivity index (χ0v) is 15.0. The minimum atomic E-state index is 0.0389. The van der Waals surface area contributed by atoms with Crippen LogP contribution >= 0.6 is 11.8 Å². The monoisotopic (exact) mass is 355 g/mol. The second kappa shape index (κ2) is 6.12. The molecule has 4 heterocycles. The molecule has 2 aliphatic heterocycles. The largest absolute Gasteiger partial charge is 0.354 e. The molecule has 0 unspecified atom stereocenters. The van der Waals surface area contributed by atoms with Gasteiger partial charge in [-0.3, -0.25) is 4.79 Å². The molecule has 0 N–H and O–H groups in total. The SMILES string of the molecule is O=c1cc2c(nn1CC1CN(c3cc4c(nn3)CCC4)C1)CCSC2. The van der Waals surface area contributed by atoms with Crippen LogP contribution in [0.3, 0.4) is 0 Å². The Labute approximate surface area is 150 Å². The van der Waals surface area contributed by atoms with Crippen LogP contribution in [0.15, 0.2) is 16.9 Å². The molecule has 25 heavy (non-hydrogen) atoms. The number of aromatic nitrogens is 4. The summed E-state index contributed by atoms with van der Waals surface area (Å²) in [5, 5.41) is 13.4. The Morgan fingerprint density at radius 2 is 2.00 bits per heavy atom. The van der Waals surface area contributed by atoms with Crippen LogP contribution in [0.1, 0.15) is 28.9 Å². The Kier molecular flexibility index (Phi) is 3.77. The van der Waals surface area contributed by atoms with Gasteiger partial charge in [0.25, 0.3) is 5.56 Å². The average molecular weight is 355 g/mol. The molecule has 0 radical (unpaired) electrons. The van der Waals surface area contributed by atoms with E-state index in [0.29, 0.717) is 12.5 Å². The molecule has 0 spiro atoms. The average Bonchev–Trinajstić information content (AvgIpc) is 3.05. The van der Waals surface area contributed by atoms with Crippen LogP contribution in [0.2, 0.25) is 0 Å². The number of rotatable bonds is 3. The maximum absolute atomic E-state index is 12.3. The lowest BCUT2D eigenvalue weighted by Gasteiger charge is -2.40. The van der Waals surface area contributed by atoms with Crippen molar-refractivity contribution in [3.8, 4) is 0 Å². The van der Waals surface area contributed by atoms with E-state index in [2.05, 4.69) is 26.3 Å². The van der Waals surface area contributed by atoms with Gasteiger partial charge in [0.15, 0.2) is 5.82 Å². The van der Waals surface area contributed by atoms with Gasteiger partial charge < -0.3 is 4.90 Å². The lowest BCUT2D eigenvalue weighted by molar-refractivity contribution is 0.330. The summed E-state index contributed by atoms with van der Waals surface area (Å²) < 4.78 is 1.67. The van der Waals surface area contributed by atoms with Crippen molar-refractivity contribution in [1.29, 1.82) is 0 Å². The van der Waals surface area contributed by atoms with Crippen LogP contribution in [-0.4, -0.2) is 38.8 Å². The third kappa shape index (κ3) is 2.84. The Morgan fingerprint density at radius 3 is 2.92 bits per heavy atom. The molecule has 0 atom stereocenters. The van der Waals surface area contributed by atoms with Crippen LogP contribution in [0.5, 0.6) is 0 Å². The maximum atomic E-state index is 12.3. The summed E-state index contributed by atoms with van der Waals surface area (Å²) in [6.45, 7) is 2.55. The molecule has 5 rings (SSSR count). The third-order valence-electron chi connectivity index (χ3n) is 5.42. The highest BCUT2D eigenvalue weighted by Crippen LogP contribution is 2.28. The summed E-state index contributed by atoms with van der Waals surface area (Å²) in [7, 11) is 0. The highest BCUT2D eigenvalue weighted by Gasteiger charge is 2.30. The van der Waals surface area contributed by atoms with Crippen LogP contribution < -0.4 is 10.5 Å². The molecule has 130 valence electrons. The molecule has 0 saturated carbocycles. The summed E-state index contributed by atoms with van der Waals surface area (Å²) in [6, 6.07) is 3.99. The van der Waals surface area contributed by atoms with Crippen molar-refractivity contribution in [2.24, 2.45) is 5.92 Å². The molecule has 1 aliphatic carbocycles. The number of hydrogen-bond acceptors (Lipinski definition) is 6. The first-order chi connectivity index (χ1) is 12.3. The van der Waals surface area contributed by atoms with E-state index in [1.807, 2.05) is 11.8 Å². The molecule has 1 fully saturated rings. The second-order valence-electron chi connectivity index (χ2n) is 7.24. The number of nitrogens with zero attached hydrogens (tertiary/aromatic N) is 5. The van der Waals surface area contributed by atoms with Crippen LogP contribution in [0.25, 0.3) is 0 Å². The Hall–Kier alpha value is -1.89. The highest BCUT2D eigenvalue weighted by atomic mass is 32.2. The minimum Gasteiger partial charge on any atom is -0.354 e. The summed E-state index contributed by atoms with van der Waals surface area (Å²) >= 11 is 1.88. The zero-order valence-electron chi connectivity index (χ0n) is 14.1. The van der Waals surface area contributed by atoms with Crippen molar-refractivity contribution in [3.05, 3.63) is 45.0 Å². The van der Waals surface area contributed by atoms with Crippen molar-refractivity contribution < 1.29 is 0 Å². The number of fused-ring (bicyclic) bond motifs is 2. The third-order valence-corrected chi connectivity index (χ3v) is 6.43. The van der Waals surface area contributed by atoms with Gasteiger partial charge in [-0.1, -0.05) is 0 Å². The predicted octanol–water partition coefficient (Wildman–Crippen LogP) is 1.45. The van der Waals surface area contributed by atoms with E-state index in [-0.39, 0.29) is 5.56 Å². The summed E-state index contributed by atoms with van der Waals surface area (Å²) in [5.41, 5.74) is 4.81. The fourth-order valence-corrected chi connectivity index (χ4v) is 4.92. The van der Waals surface area contributed by atoms with E-state index >= 15 is 0 Å². The molecular formula is C18H21N5OS. The van der Waals surface area contributed by atoms with E-state index in [4.69, 9.17) is 0 Å². The van der Waals surface area contributed by atoms with Gasteiger partial charge >= 0.3 is 0 Å². The molecule has 6 nitrogen and oxygen atoms in total. The van der Waals surface area contributed by atoms with Crippen LogP contribution in [-0.2, 0) is 31.6 Å². The summed E-state index contributed by atoms with van der Waals surface area (Å²) in [4.78, 5) is 14.6. The Balaban J connectivity index is 1.26. The van der Waals surface area contributed by atoms with Gasteiger partial charge in [-0.2, -0.15) is 22.0 Å². The Morgan fingerprint density at radius 1 is 1.08 bits per heavy atom. The van der Waals surface area contributed by atoms with Crippen LogP contribution in [0, 0.1) is 5.92 Å². The van der Waals surface area contributed by atoms with E-state index in [1.54, 1.807) is 10.7 Å². The first-order valence-electron chi connectivity index (χ1n) is 9.04. The van der Waals surface area contributed by atoms with E-state index in [1.165, 1.54) is 17.7 Å². The predicted molar refractivity (Wildman–Crippen MR) is 98.1 cm³/mol. The van der Waals surface area contributed by atoms with Gasteiger partial charge in [0.2, 0.25) is 0 Å². The topological polar surface area (TPSA) is 63.9 Å². The van der Waals surface area contributed by atoms with Crippen molar-refractivity contribution in [2.45, 2.75) is 38.0 Å². The molecular weight excluding hydrogens is 334 g/mol. The molecule has 0 amide bonds. The molecule has 1 saturated heterocycles. The lowest BCUT2D eigenvalue weighted by atomic mass is 10.00. The van der Waals surface area contributed by atoms with E-state index in [9.17, 15) is 4.79 Å². The normalized spacial score (nSPS) is 19.4. The van der Waals surface area contributed by atoms with Crippen molar-refractivity contribution >= 4 is 17.6 Å². The second-order valence-corrected chi connectivity index (χ2v) is 8.34. The summed E-state index contributed by atoms with van der Waals surface area (Å²) in [5.74, 6) is 3.47. The minimum absolute atomic E-state index is 0.0389. The molecule has 0 aromatic carbocycles. The highest BCUT2D eigenvalue weighted by molar-refractivity contribution is 7.98. The van der Waals surface area contributed by atoms with Crippen LogP contribution in [0.4, 0.5) is 5.82 Å². The fraction of sp³-hybridized carbons (Fsp3) is 0.556. The number of aryl methyl sites for hydroxylation is 3. The lowest BCUT2D eigenvalue weighted by Crippen LogP contribution is -2.50. The first kappa shape index (κ1) is 15.4. The number of hydrogen-bond donors (Lipinski definition) is 0. The van der Waals surface area contributed by atoms with Gasteiger partial charge in [0.1, 0.15) is 0 Å². The molecule has 0 bridgehead atoms. The van der Waals surface area contributed by atoms with Crippen molar-refractivity contribution in [3.63, 3.8) is 0 Å². The van der Waals surface area contributed by atoms with Gasteiger partial charge in [0, 0.05) is 37.2 Å².